The summed E-state index contributed by atoms with van der Waals surface area (Å²) in [7, 11) is 0. The lowest BCUT2D eigenvalue weighted by Gasteiger charge is -2.16. The third kappa shape index (κ3) is 3.70. The van der Waals surface area contributed by atoms with Crippen LogP contribution >= 0.6 is 11.8 Å². The van der Waals surface area contributed by atoms with E-state index < -0.39 is 0 Å². The van der Waals surface area contributed by atoms with Crippen molar-refractivity contribution in [3.8, 4) is 5.69 Å². The zero-order chi connectivity index (χ0) is 20.5. The highest BCUT2D eigenvalue weighted by Crippen LogP contribution is 2.34. The summed E-state index contributed by atoms with van der Waals surface area (Å²) in [4.78, 5) is 22.7. The molecule has 0 amide bonds. The van der Waals surface area contributed by atoms with Crippen molar-refractivity contribution in [3.63, 3.8) is 0 Å². The Kier molecular flexibility index (Phi) is 5.24. The van der Waals surface area contributed by atoms with Gasteiger partial charge in [-0.25, -0.2) is 4.98 Å². The van der Waals surface area contributed by atoms with Crippen LogP contribution in [-0.2, 0) is 0 Å². The number of hydrogen-bond acceptors (Lipinski definition) is 6. The van der Waals surface area contributed by atoms with Crippen LogP contribution < -0.4 is 5.56 Å². The first-order chi connectivity index (χ1) is 14.0. The van der Waals surface area contributed by atoms with Crippen LogP contribution in [-0.4, -0.2) is 19.7 Å². The largest absolute Gasteiger partial charge is 0.338 e. The Morgan fingerprint density at radius 2 is 1.72 bits per heavy atom. The van der Waals surface area contributed by atoms with E-state index >= 15 is 0 Å². The van der Waals surface area contributed by atoms with E-state index in [1.54, 1.807) is 4.57 Å². The molecule has 0 fully saturated rings. The summed E-state index contributed by atoms with van der Waals surface area (Å²) in [6, 6.07) is 15.2. The molecule has 4 rings (SSSR count). The smallest absolute Gasteiger partial charge is 0.266 e. The Bertz CT molecular complexity index is 1230. The molecule has 0 spiro atoms. The number of hydrogen-bond donors (Lipinski definition) is 0. The molecule has 7 heteroatoms. The van der Waals surface area contributed by atoms with Crippen molar-refractivity contribution < 1.29 is 4.52 Å². The topological polar surface area (TPSA) is 73.8 Å². The van der Waals surface area contributed by atoms with E-state index in [9.17, 15) is 4.79 Å². The van der Waals surface area contributed by atoms with Crippen LogP contribution in [0.2, 0.25) is 0 Å². The highest BCUT2D eigenvalue weighted by Gasteiger charge is 2.22. The third-order valence-corrected chi connectivity index (χ3v) is 5.74. The third-order valence-electron chi connectivity index (χ3n) is 4.71. The molecule has 0 aliphatic rings. The van der Waals surface area contributed by atoms with Gasteiger partial charge in [-0.15, -0.1) is 0 Å². The highest BCUT2D eigenvalue weighted by atomic mass is 32.2. The number of aromatic nitrogens is 4. The van der Waals surface area contributed by atoms with Crippen LogP contribution in [0.15, 0.2) is 63.0 Å². The first-order valence-electron chi connectivity index (χ1n) is 9.53. The van der Waals surface area contributed by atoms with Gasteiger partial charge in [0.1, 0.15) is 0 Å². The molecule has 1 unspecified atom stereocenters. The lowest BCUT2D eigenvalue weighted by molar-refractivity contribution is 0.373. The highest BCUT2D eigenvalue weighted by molar-refractivity contribution is 7.99. The molecule has 0 N–H and O–H groups in total. The number of para-hydroxylation sites is 2. The molecule has 2 aromatic carbocycles. The first kappa shape index (κ1) is 19.4. The summed E-state index contributed by atoms with van der Waals surface area (Å²) in [5.41, 5.74) is 2.40. The lowest BCUT2D eigenvalue weighted by Crippen LogP contribution is -2.22. The van der Waals surface area contributed by atoms with Gasteiger partial charge in [0, 0.05) is 5.92 Å². The zero-order valence-corrected chi connectivity index (χ0v) is 17.6. The van der Waals surface area contributed by atoms with E-state index in [0.717, 1.165) is 11.3 Å². The molecule has 0 saturated carbocycles. The van der Waals surface area contributed by atoms with Crippen molar-refractivity contribution >= 4 is 22.7 Å². The molecule has 2 heterocycles. The van der Waals surface area contributed by atoms with Gasteiger partial charge in [-0.05, 0) is 37.6 Å². The molecule has 4 aromatic rings. The Balaban J connectivity index is 1.85. The molecule has 2 aromatic heterocycles. The standard InChI is InChI=1S/C22H22N4O2S/c1-13(2)19-24-20(28-25-19)15(4)29-22-23-17-11-7-6-10-16(17)21(27)26(22)18-12-8-5-9-14(18)3/h5-13,15H,1-4H3. The van der Waals surface area contributed by atoms with Gasteiger partial charge in [0.25, 0.3) is 5.56 Å². The van der Waals surface area contributed by atoms with E-state index in [0.29, 0.717) is 27.8 Å². The number of thioether (sulfide) groups is 1. The minimum atomic E-state index is -0.154. The Morgan fingerprint density at radius 3 is 2.45 bits per heavy atom. The van der Waals surface area contributed by atoms with Crippen molar-refractivity contribution in [3.05, 3.63) is 76.2 Å². The van der Waals surface area contributed by atoms with Crippen LogP contribution in [0, 0.1) is 6.92 Å². The van der Waals surface area contributed by atoms with Gasteiger partial charge in [-0.3, -0.25) is 9.36 Å². The Hall–Kier alpha value is -2.93. The van der Waals surface area contributed by atoms with Crippen molar-refractivity contribution in [1.82, 2.24) is 19.7 Å². The Morgan fingerprint density at radius 1 is 1.00 bits per heavy atom. The summed E-state index contributed by atoms with van der Waals surface area (Å²) in [5, 5.41) is 5.09. The van der Waals surface area contributed by atoms with Crippen LogP contribution in [0.3, 0.4) is 0 Å². The average molecular weight is 407 g/mol. The number of benzene rings is 2. The molecule has 29 heavy (non-hydrogen) atoms. The van der Waals surface area contributed by atoms with Crippen molar-refractivity contribution in [2.24, 2.45) is 0 Å². The molecule has 0 aliphatic heterocycles. The molecule has 0 bridgehead atoms. The van der Waals surface area contributed by atoms with E-state index in [1.807, 2.05) is 76.2 Å². The van der Waals surface area contributed by atoms with Gasteiger partial charge >= 0.3 is 0 Å². The molecular formula is C22H22N4O2S. The minimum Gasteiger partial charge on any atom is -0.338 e. The number of rotatable bonds is 5. The fraction of sp³-hybridized carbons (Fsp3) is 0.273. The number of nitrogens with zero attached hydrogens (tertiary/aromatic N) is 4. The summed E-state index contributed by atoms with van der Waals surface area (Å²) < 4.78 is 7.13. The second-order valence-electron chi connectivity index (χ2n) is 7.24. The first-order valence-corrected chi connectivity index (χ1v) is 10.4. The second-order valence-corrected chi connectivity index (χ2v) is 8.55. The fourth-order valence-corrected chi connectivity index (χ4v) is 4.02. The molecular weight excluding hydrogens is 384 g/mol. The van der Waals surface area contributed by atoms with Crippen molar-refractivity contribution in [2.45, 2.75) is 44.0 Å². The predicted molar refractivity (Wildman–Crippen MR) is 115 cm³/mol. The molecule has 6 nitrogen and oxygen atoms in total. The lowest BCUT2D eigenvalue weighted by atomic mass is 10.2. The zero-order valence-electron chi connectivity index (χ0n) is 16.8. The van der Waals surface area contributed by atoms with Crippen molar-refractivity contribution in [2.75, 3.05) is 0 Å². The van der Waals surface area contributed by atoms with Gasteiger partial charge in [-0.1, -0.05) is 61.1 Å². The van der Waals surface area contributed by atoms with Gasteiger partial charge in [0.05, 0.1) is 21.8 Å². The van der Waals surface area contributed by atoms with Crippen LogP contribution in [0.1, 0.15) is 49.2 Å². The normalized spacial score (nSPS) is 12.6. The molecule has 0 aliphatic carbocycles. The summed E-state index contributed by atoms with van der Waals surface area (Å²) in [5.74, 6) is 1.39. The van der Waals surface area contributed by atoms with Crippen LogP contribution in [0.4, 0.5) is 0 Å². The average Bonchev–Trinajstić information content (AvgIpc) is 3.20. The minimum absolute atomic E-state index is 0.0898. The quantitative estimate of drug-likeness (QED) is 0.341. The SMILES string of the molecule is Cc1ccccc1-n1c(SC(C)c2nc(C(C)C)no2)nc2ccccc2c1=O. The number of fused-ring (bicyclic) bond motifs is 1. The summed E-state index contributed by atoms with van der Waals surface area (Å²) in [6.45, 7) is 8.01. The van der Waals surface area contributed by atoms with E-state index in [4.69, 9.17) is 9.51 Å². The van der Waals surface area contributed by atoms with Crippen molar-refractivity contribution in [1.29, 1.82) is 0 Å². The second kappa shape index (κ2) is 7.83. The summed E-state index contributed by atoms with van der Waals surface area (Å²) >= 11 is 1.44. The fourth-order valence-electron chi connectivity index (χ4n) is 3.07. The maximum atomic E-state index is 13.4. The molecule has 0 saturated heterocycles. The van der Waals surface area contributed by atoms with Gasteiger partial charge in [-0.2, -0.15) is 4.98 Å². The molecule has 0 radical (unpaired) electrons. The monoisotopic (exact) mass is 406 g/mol. The maximum absolute atomic E-state index is 13.4. The maximum Gasteiger partial charge on any atom is 0.266 e. The predicted octanol–water partition coefficient (Wildman–Crippen LogP) is 5.05. The van der Waals surface area contributed by atoms with Gasteiger partial charge in [0.2, 0.25) is 5.89 Å². The van der Waals surface area contributed by atoms with E-state index in [2.05, 4.69) is 10.1 Å². The van der Waals surface area contributed by atoms with Gasteiger partial charge < -0.3 is 4.52 Å². The number of aryl methyl sites for hydroxylation is 1. The van der Waals surface area contributed by atoms with E-state index in [1.165, 1.54) is 11.8 Å². The van der Waals surface area contributed by atoms with Crippen LogP contribution in [0.25, 0.3) is 16.6 Å². The summed E-state index contributed by atoms with van der Waals surface area (Å²) in [6.07, 6.45) is 0. The van der Waals surface area contributed by atoms with Gasteiger partial charge in [0.15, 0.2) is 11.0 Å². The Labute approximate surface area is 173 Å². The van der Waals surface area contributed by atoms with E-state index in [-0.39, 0.29) is 16.7 Å². The molecule has 1 atom stereocenters. The van der Waals surface area contributed by atoms with Crippen LogP contribution in [0.5, 0.6) is 0 Å². The molecule has 148 valence electrons.